The Morgan fingerprint density at radius 3 is 0.863 bits per heavy atom. The van der Waals surface area contributed by atoms with Crippen molar-refractivity contribution in [1.82, 2.24) is 0 Å². The second-order valence-corrected chi connectivity index (χ2v) is 27.1. The van der Waals surface area contributed by atoms with Crippen molar-refractivity contribution in [3.63, 3.8) is 0 Å². The average molecular weight is 1100 g/mol. The Morgan fingerprint density at radius 2 is 0.588 bits per heavy atom. The normalized spacial score (nSPS) is 15.5. The van der Waals surface area contributed by atoms with Gasteiger partial charge in [-0.15, -0.1) is 0 Å². The van der Waals surface area contributed by atoms with Gasteiger partial charge in [-0.2, -0.15) is 0 Å². The van der Waals surface area contributed by atoms with E-state index >= 15 is 18.7 Å². The monoisotopic (exact) mass is 1100 g/mol. The highest BCUT2D eigenvalue weighted by atomic mass is 31.2. The van der Waals surface area contributed by atoms with Crippen molar-refractivity contribution >= 4 is 70.0 Å². The molecule has 0 N–H and O–H groups in total. The lowest BCUT2D eigenvalue weighted by Gasteiger charge is -2.33. The molecule has 1 aliphatic rings. The van der Waals surface area contributed by atoms with Crippen LogP contribution in [-0.2, 0) is 28.2 Å². The van der Waals surface area contributed by atoms with E-state index in [9.17, 15) is 9.59 Å². The summed E-state index contributed by atoms with van der Waals surface area (Å²) in [6.45, 7) is 10.2. The summed E-state index contributed by atoms with van der Waals surface area (Å²) in [7, 11) is -8.71. The van der Waals surface area contributed by atoms with E-state index in [4.69, 9.17) is 18.9 Å². The van der Waals surface area contributed by atoms with Gasteiger partial charge in [0, 0.05) is 53.8 Å². The zero-order valence-electron chi connectivity index (χ0n) is 45.1. The molecule has 0 unspecified atom stereocenters. The van der Waals surface area contributed by atoms with E-state index < -0.39 is 61.2 Å². The van der Waals surface area contributed by atoms with Gasteiger partial charge in [-0.05, 0) is 58.7 Å². The Bertz CT molecular complexity index is 3530. The molecule has 400 valence electrons. The summed E-state index contributed by atoms with van der Waals surface area (Å²) in [6, 6.07) is 67.0. The van der Waals surface area contributed by atoms with Crippen LogP contribution in [0.5, 0.6) is 11.5 Å². The highest BCUT2D eigenvalue weighted by molar-refractivity contribution is 7.86. The molecule has 0 fully saturated rings. The van der Waals surface area contributed by atoms with Crippen LogP contribution in [0, 0.1) is 10.8 Å². The molecule has 0 amide bonds. The van der Waals surface area contributed by atoms with Crippen molar-refractivity contribution in [2.45, 2.75) is 53.8 Å². The van der Waals surface area contributed by atoms with E-state index in [2.05, 4.69) is 0 Å². The molecule has 10 rings (SSSR count). The maximum absolute atomic E-state index is 17.9. The van der Waals surface area contributed by atoms with Gasteiger partial charge in [-0.3, -0.25) is 0 Å². The van der Waals surface area contributed by atoms with Crippen LogP contribution in [0.1, 0.15) is 62.3 Å². The second-order valence-electron chi connectivity index (χ2n) is 21.7. The molecule has 1 aliphatic heterocycles. The summed E-state index contributed by atoms with van der Waals surface area (Å²) in [6.07, 6.45) is -3.30. The van der Waals surface area contributed by atoms with Gasteiger partial charge in [0.15, 0.2) is 14.3 Å². The van der Waals surface area contributed by atoms with Crippen molar-refractivity contribution in [2.75, 3.05) is 0 Å². The largest absolute Gasteiger partial charge is 0.446 e. The number of cyclic esters (lactones) is 2. The number of esters is 4. The van der Waals surface area contributed by atoms with Crippen LogP contribution >= 0.6 is 14.3 Å². The van der Waals surface area contributed by atoms with Gasteiger partial charge >= 0.3 is 23.9 Å². The van der Waals surface area contributed by atoms with Gasteiger partial charge in [-0.25, -0.2) is 19.2 Å². The summed E-state index contributed by atoms with van der Waals surface area (Å²) < 4.78 is 61.8. The number of rotatable bonds is 8. The topological polar surface area (TPSA) is 139 Å². The Morgan fingerprint density at radius 1 is 0.325 bits per heavy atom. The fourth-order valence-electron chi connectivity index (χ4n) is 10.2. The van der Waals surface area contributed by atoms with Crippen LogP contribution in [0.2, 0.25) is 0 Å². The Labute approximate surface area is 466 Å². The number of carbonyl (C=O) groups is 4. The third kappa shape index (κ3) is 10.4. The van der Waals surface area contributed by atoms with Gasteiger partial charge in [0.2, 0.25) is 12.2 Å². The Kier molecular flexibility index (Phi) is 15.2. The summed E-state index contributed by atoms with van der Waals surface area (Å²) >= 11 is 0. The highest BCUT2D eigenvalue weighted by Crippen LogP contribution is 2.56. The molecule has 0 bridgehead atoms. The molecule has 80 heavy (non-hydrogen) atoms. The maximum atomic E-state index is 17.9. The average Bonchev–Trinajstić information content (AvgIpc) is 3.53. The number of carbonyl (C=O) groups excluding carboxylic acids is 4. The van der Waals surface area contributed by atoms with Crippen LogP contribution in [0.4, 0.5) is 0 Å². The van der Waals surface area contributed by atoms with Gasteiger partial charge in [0.1, 0.15) is 11.5 Å². The number of benzene rings is 9. The first-order chi connectivity index (χ1) is 38.4. The van der Waals surface area contributed by atoms with E-state index in [1.165, 1.54) is 24.3 Å². The predicted molar refractivity (Wildman–Crippen MR) is 317 cm³/mol. The SMILES string of the molecule is CC(C)(C)[C@H]1OC(=O)c2ccccc2C(=O)O[C@H](C(C)(C)C)C(=O)Oc2ccc(-c3ccccc3)c(P(=O)(c3ccccc3)c3ccccc3)c2-c2c(ccc(-c3ccccc3)c2P(=O)(c2ccccc2)c2ccccc2)OC1=O. The first-order valence-electron chi connectivity index (χ1n) is 26.2. The molecule has 9 aromatic rings. The minimum Gasteiger partial charge on any atom is -0.446 e. The van der Waals surface area contributed by atoms with E-state index in [-0.39, 0.29) is 44.4 Å². The molecule has 0 spiro atoms. The van der Waals surface area contributed by atoms with Crippen molar-refractivity contribution in [3.05, 3.63) is 242 Å². The molecular formula is C68H58O10P2. The van der Waals surface area contributed by atoms with Gasteiger partial charge < -0.3 is 28.1 Å². The molecule has 10 nitrogen and oxygen atoms in total. The van der Waals surface area contributed by atoms with Crippen molar-refractivity contribution in [3.8, 4) is 44.9 Å². The zero-order chi connectivity index (χ0) is 56.4. The quantitative estimate of drug-likeness (QED) is 0.0821. The van der Waals surface area contributed by atoms with Crippen LogP contribution < -0.4 is 41.3 Å². The molecule has 0 radical (unpaired) electrons. The van der Waals surface area contributed by atoms with E-state index in [1.807, 2.05) is 84.9 Å². The maximum Gasteiger partial charge on any atom is 0.353 e. The minimum atomic E-state index is -4.36. The summed E-state index contributed by atoms with van der Waals surface area (Å²) in [5, 5.41) is 1.85. The highest BCUT2D eigenvalue weighted by Gasteiger charge is 2.46. The van der Waals surface area contributed by atoms with Crippen LogP contribution in [0.3, 0.4) is 0 Å². The van der Waals surface area contributed by atoms with Crippen LogP contribution in [0.25, 0.3) is 33.4 Å². The smallest absolute Gasteiger partial charge is 0.353 e. The fourth-order valence-corrected chi connectivity index (χ4v) is 16.3. The summed E-state index contributed by atoms with van der Waals surface area (Å²) in [5.74, 6) is -4.53. The lowest BCUT2D eigenvalue weighted by molar-refractivity contribution is -0.151. The van der Waals surface area contributed by atoms with Crippen molar-refractivity contribution in [2.24, 2.45) is 10.8 Å². The van der Waals surface area contributed by atoms with Gasteiger partial charge in [0.25, 0.3) is 0 Å². The number of ether oxygens (including phenoxy) is 4. The standard InChI is InChI=1S/C68H58O10P2/c1-67(2,3)61-65(71)75-55-43-41-51(45-27-13-7-14-28-45)59(79(73,47-31-17-9-18-32-47)48-33-19-10-20-34-48)57(55)58-56(76-66(72)62(68(4,5)6)78-64(70)54-40-26-25-39-53(54)63(69)77-61)44-42-52(46-29-15-8-16-30-46)60(58)80(74,49-35-21-11-22-36-49)50-37-23-12-24-38-50/h7-44,61-62H,1-6H3/t61-,62-/m0/s1. The molecule has 1 heterocycles. The van der Waals surface area contributed by atoms with E-state index in [0.29, 0.717) is 43.5 Å². The zero-order valence-corrected chi connectivity index (χ0v) is 46.9. The molecule has 12 heteroatoms. The molecule has 2 atom stereocenters. The first-order valence-corrected chi connectivity index (χ1v) is 29.7. The third-order valence-corrected chi connectivity index (χ3v) is 20.3. The third-order valence-electron chi connectivity index (χ3n) is 14.0. The van der Waals surface area contributed by atoms with Crippen LogP contribution in [-0.4, -0.2) is 36.1 Å². The Hall–Kier alpha value is -8.68. The second kappa shape index (κ2) is 22.2. The van der Waals surface area contributed by atoms with Crippen molar-refractivity contribution < 1.29 is 47.3 Å². The predicted octanol–water partition coefficient (Wildman–Crippen LogP) is 12.6. The van der Waals surface area contributed by atoms with E-state index in [0.717, 1.165) is 0 Å². The molecular weight excluding hydrogens is 1040 g/mol. The molecule has 0 aromatic heterocycles. The minimum absolute atomic E-state index is 0.0147. The van der Waals surface area contributed by atoms with Crippen LogP contribution in [0.15, 0.2) is 231 Å². The van der Waals surface area contributed by atoms with Gasteiger partial charge in [-0.1, -0.05) is 236 Å². The summed E-state index contributed by atoms with van der Waals surface area (Å²) in [5.41, 5.74) is -0.693. The van der Waals surface area contributed by atoms with Crippen molar-refractivity contribution in [1.29, 1.82) is 0 Å². The lowest BCUT2D eigenvalue weighted by atomic mass is 9.88. The van der Waals surface area contributed by atoms with Gasteiger partial charge in [0.05, 0.1) is 11.1 Å². The Balaban J connectivity index is 1.48. The molecule has 0 aliphatic carbocycles. The lowest BCUT2D eigenvalue weighted by Crippen LogP contribution is -2.43. The molecule has 0 saturated carbocycles. The molecule has 0 saturated heterocycles. The molecule has 9 aromatic carbocycles. The number of hydrogen-bond acceptors (Lipinski definition) is 10. The first kappa shape index (κ1) is 54.7. The fraction of sp³-hybridized carbons (Fsp3) is 0.147. The summed E-state index contributed by atoms with van der Waals surface area (Å²) in [4.78, 5) is 60.4. The number of fused-ring (bicyclic) bond motifs is 4. The van der Waals surface area contributed by atoms with E-state index in [1.54, 1.807) is 163 Å². The number of hydrogen-bond donors (Lipinski definition) is 0.